The number of fused-ring (bicyclic) bond motifs is 1. The number of hydrogen-bond acceptors (Lipinski definition) is 7. The second-order valence-corrected chi connectivity index (χ2v) is 6.77. The van der Waals surface area contributed by atoms with E-state index < -0.39 is 0 Å². The van der Waals surface area contributed by atoms with E-state index >= 15 is 0 Å². The molecule has 1 aromatic heterocycles. The molecule has 0 fully saturated rings. The molecule has 8 heteroatoms. The van der Waals surface area contributed by atoms with E-state index in [0.717, 1.165) is 22.8 Å². The van der Waals surface area contributed by atoms with Crippen LogP contribution in [0.15, 0.2) is 47.8 Å². The summed E-state index contributed by atoms with van der Waals surface area (Å²) in [6, 6.07) is 12.7. The first kappa shape index (κ1) is 18.1. The SMILES string of the molecule is COc1ccc(OCC(=O)Nc2nc(-c3ccc4c(c3)OCCO4)cs2)cc1. The van der Waals surface area contributed by atoms with E-state index in [4.69, 9.17) is 18.9 Å². The van der Waals surface area contributed by atoms with Gasteiger partial charge in [0.1, 0.15) is 24.7 Å². The fourth-order valence-electron chi connectivity index (χ4n) is 2.64. The Hall–Kier alpha value is -3.26. The number of methoxy groups -OCH3 is 1. The third kappa shape index (κ3) is 4.17. The Balaban J connectivity index is 1.35. The average Bonchev–Trinajstić information content (AvgIpc) is 3.20. The maximum absolute atomic E-state index is 12.1. The normalized spacial score (nSPS) is 12.3. The van der Waals surface area contributed by atoms with Crippen molar-refractivity contribution in [1.29, 1.82) is 0 Å². The zero-order valence-electron chi connectivity index (χ0n) is 15.1. The second-order valence-electron chi connectivity index (χ2n) is 5.91. The minimum Gasteiger partial charge on any atom is -0.497 e. The largest absolute Gasteiger partial charge is 0.497 e. The average molecular weight is 398 g/mol. The Labute approximate surface area is 165 Å². The molecule has 0 saturated carbocycles. The summed E-state index contributed by atoms with van der Waals surface area (Å²) in [5, 5.41) is 5.14. The molecule has 3 aromatic rings. The van der Waals surface area contributed by atoms with Gasteiger partial charge in [0.25, 0.3) is 5.91 Å². The Morgan fingerprint density at radius 3 is 2.64 bits per heavy atom. The van der Waals surface area contributed by atoms with Crippen LogP contribution in [0.5, 0.6) is 23.0 Å². The van der Waals surface area contributed by atoms with E-state index in [0.29, 0.717) is 29.8 Å². The monoisotopic (exact) mass is 398 g/mol. The van der Waals surface area contributed by atoms with Gasteiger partial charge in [0.2, 0.25) is 0 Å². The summed E-state index contributed by atoms with van der Waals surface area (Å²) in [5.41, 5.74) is 1.66. The number of nitrogens with one attached hydrogen (secondary N) is 1. The van der Waals surface area contributed by atoms with Gasteiger partial charge in [-0.05, 0) is 42.5 Å². The van der Waals surface area contributed by atoms with Crippen molar-refractivity contribution < 1.29 is 23.7 Å². The van der Waals surface area contributed by atoms with Crippen LogP contribution < -0.4 is 24.3 Å². The summed E-state index contributed by atoms with van der Waals surface area (Å²) >= 11 is 1.35. The van der Waals surface area contributed by atoms with Gasteiger partial charge in [-0.15, -0.1) is 11.3 Å². The van der Waals surface area contributed by atoms with Crippen molar-refractivity contribution in [3.8, 4) is 34.3 Å². The lowest BCUT2D eigenvalue weighted by Gasteiger charge is -2.18. The minimum atomic E-state index is -0.279. The standard InChI is InChI=1S/C20H18N2O5S/c1-24-14-3-5-15(6-4-14)27-11-19(23)22-20-21-16(12-28-20)13-2-7-17-18(10-13)26-9-8-25-17/h2-7,10,12H,8-9,11H2,1H3,(H,21,22,23). The molecule has 2 aromatic carbocycles. The van der Waals surface area contributed by atoms with Crippen LogP contribution in [-0.2, 0) is 4.79 Å². The molecule has 0 unspecified atom stereocenters. The lowest BCUT2D eigenvalue weighted by atomic mass is 10.1. The van der Waals surface area contributed by atoms with Crippen molar-refractivity contribution >= 4 is 22.4 Å². The first-order chi connectivity index (χ1) is 13.7. The molecule has 1 aliphatic rings. The Morgan fingerprint density at radius 1 is 1.11 bits per heavy atom. The summed E-state index contributed by atoms with van der Waals surface area (Å²) in [4.78, 5) is 16.6. The summed E-state index contributed by atoms with van der Waals surface area (Å²) in [7, 11) is 1.59. The fraction of sp³-hybridized carbons (Fsp3) is 0.200. The van der Waals surface area contributed by atoms with Crippen molar-refractivity contribution in [3.05, 3.63) is 47.8 Å². The van der Waals surface area contributed by atoms with Crippen LogP contribution in [0.3, 0.4) is 0 Å². The van der Waals surface area contributed by atoms with Crippen LogP contribution in [0.25, 0.3) is 11.3 Å². The highest BCUT2D eigenvalue weighted by atomic mass is 32.1. The summed E-state index contributed by atoms with van der Waals surface area (Å²) in [6.07, 6.45) is 0. The Kier molecular flexibility index (Phi) is 5.29. The zero-order valence-corrected chi connectivity index (χ0v) is 16.0. The molecule has 144 valence electrons. The third-order valence-corrected chi connectivity index (χ3v) is 4.78. The molecular formula is C20H18N2O5S. The molecule has 2 heterocycles. The maximum atomic E-state index is 12.1. The Bertz CT molecular complexity index is 971. The van der Waals surface area contributed by atoms with Gasteiger partial charge in [0.15, 0.2) is 23.2 Å². The van der Waals surface area contributed by atoms with Gasteiger partial charge < -0.3 is 18.9 Å². The number of carbonyl (C=O) groups is 1. The molecule has 0 saturated heterocycles. The fourth-order valence-corrected chi connectivity index (χ4v) is 3.38. The molecule has 7 nitrogen and oxygen atoms in total. The smallest absolute Gasteiger partial charge is 0.264 e. The van der Waals surface area contributed by atoms with E-state index in [9.17, 15) is 4.79 Å². The summed E-state index contributed by atoms with van der Waals surface area (Å²) in [6.45, 7) is 0.978. The van der Waals surface area contributed by atoms with Gasteiger partial charge in [0.05, 0.1) is 12.8 Å². The van der Waals surface area contributed by atoms with E-state index in [2.05, 4.69) is 10.3 Å². The van der Waals surface area contributed by atoms with Crippen molar-refractivity contribution in [2.75, 3.05) is 32.2 Å². The molecule has 1 N–H and O–H groups in total. The highest BCUT2D eigenvalue weighted by molar-refractivity contribution is 7.14. The number of carbonyl (C=O) groups excluding carboxylic acids is 1. The van der Waals surface area contributed by atoms with Gasteiger partial charge in [-0.25, -0.2) is 4.98 Å². The first-order valence-corrected chi connectivity index (χ1v) is 9.51. The highest BCUT2D eigenvalue weighted by Gasteiger charge is 2.14. The summed E-state index contributed by atoms with van der Waals surface area (Å²) in [5.74, 6) is 2.47. The van der Waals surface area contributed by atoms with E-state index in [-0.39, 0.29) is 12.5 Å². The molecule has 4 rings (SSSR count). The van der Waals surface area contributed by atoms with Crippen LogP contribution in [0.1, 0.15) is 0 Å². The van der Waals surface area contributed by atoms with E-state index in [1.807, 2.05) is 23.6 Å². The molecule has 0 spiro atoms. The molecule has 0 atom stereocenters. The van der Waals surface area contributed by atoms with Crippen LogP contribution in [0.2, 0.25) is 0 Å². The third-order valence-electron chi connectivity index (χ3n) is 4.02. The number of aromatic nitrogens is 1. The van der Waals surface area contributed by atoms with E-state index in [1.54, 1.807) is 31.4 Å². The number of benzene rings is 2. The summed E-state index contributed by atoms with van der Waals surface area (Å²) < 4.78 is 21.7. The van der Waals surface area contributed by atoms with Gasteiger partial charge in [0, 0.05) is 10.9 Å². The quantitative estimate of drug-likeness (QED) is 0.683. The van der Waals surface area contributed by atoms with Crippen molar-refractivity contribution in [2.45, 2.75) is 0 Å². The second kappa shape index (κ2) is 8.18. The van der Waals surface area contributed by atoms with Crippen molar-refractivity contribution in [1.82, 2.24) is 4.98 Å². The number of anilines is 1. The molecule has 0 bridgehead atoms. The topological polar surface area (TPSA) is 78.9 Å². The lowest BCUT2D eigenvalue weighted by molar-refractivity contribution is -0.118. The lowest BCUT2D eigenvalue weighted by Crippen LogP contribution is -2.20. The zero-order chi connectivity index (χ0) is 19.3. The number of hydrogen-bond donors (Lipinski definition) is 1. The molecule has 0 aliphatic carbocycles. The Morgan fingerprint density at radius 2 is 1.86 bits per heavy atom. The predicted octanol–water partition coefficient (Wildman–Crippen LogP) is 3.61. The minimum absolute atomic E-state index is 0.106. The molecule has 1 amide bonds. The molecule has 0 radical (unpaired) electrons. The van der Waals surface area contributed by atoms with Crippen LogP contribution in [-0.4, -0.2) is 37.8 Å². The van der Waals surface area contributed by atoms with Gasteiger partial charge in [-0.2, -0.15) is 0 Å². The van der Waals surface area contributed by atoms with Gasteiger partial charge in [-0.3, -0.25) is 10.1 Å². The van der Waals surface area contributed by atoms with Crippen LogP contribution in [0.4, 0.5) is 5.13 Å². The van der Waals surface area contributed by atoms with Crippen LogP contribution in [0, 0.1) is 0 Å². The number of nitrogens with zero attached hydrogens (tertiary/aromatic N) is 1. The predicted molar refractivity (Wildman–Crippen MR) is 106 cm³/mol. The molecular weight excluding hydrogens is 380 g/mol. The first-order valence-electron chi connectivity index (χ1n) is 8.63. The molecule has 1 aliphatic heterocycles. The number of amides is 1. The number of ether oxygens (including phenoxy) is 4. The van der Waals surface area contributed by atoms with Gasteiger partial charge >= 0.3 is 0 Å². The van der Waals surface area contributed by atoms with Crippen LogP contribution >= 0.6 is 11.3 Å². The number of thiazole rings is 1. The molecule has 28 heavy (non-hydrogen) atoms. The van der Waals surface area contributed by atoms with E-state index in [1.165, 1.54) is 11.3 Å². The maximum Gasteiger partial charge on any atom is 0.264 e. The number of rotatable bonds is 6. The van der Waals surface area contributed by atoms with Gasteiger partial charge in [-0.1, -0.05) is 0 Å². The van der Waals surface area contributed by atoms with Crippen molar-refractivity contribution in [2.24, 2.45) is 0 Å². The highest BCUT2D eigenvalue weighted by Crippen LogP contribution is 2.35. The van der Waals surface area contributed by atoms with Crippen molar-refractivity contribution in [3.63, 3.8) is 0 Å².